The van der Waals surface area contributed by atoms with Crippen LogP contribution in [0.2, 0.25) is 0 Å². The molecule has 0 saturated carbocycles. The summed E-state index contributed by atoms with van der Waals surface area (Å²) in [6.45, 7) is 6.06. The van der Waals surface area contributed by atoms with Crippen LogP contribution in [0.25, 0.3) is 0 Å². The van der Waals surface area contributed by atoms with Gasteiger partial charge in [0.25, 0.3) is 0 Å². The van der Waals surface area contributed by atoms with Gasteiger partial charge in [0.15, 0.2) is 0 Å². The lowest BCUT2D eigenvalue weighted by molar-refractivity contribution is 0.0996. The van der Waals surface area contributed by atoms with Gasteiger partial charge in [-0.15, -0.1) is 4.48 Å². The van der Waals surface area contributed by atoms with E-state index in [1.54, 1.807) is 0 Å². The summed E-state index contributed by atoms with van der Waals surface area (Å²) in [5.74, 6) is 3.12. The fourth-order valence-electron chi connectivity index (χ4n) is 3.13. The molecule has 0 bridgehead atoms. The lowest BCUT2D eigenvalue weighted by Gasteiger charge is -2.38. The molecule has 122 valence electrons. The van der Waals surface area contributed by atoms with E-state index in [0.717, 1.165) is 44.8 Å². The van der Waals surface area contributed by atoms with Crippen molar-refractivity contribution in [3.05, 3.63) is 29.3 Å². The second kappa shape index (κ2) is 7.53. The number of likely N-dealkylation sites (N-methyl/N-ethyl adjacent to an activating group) is 1. The van der Waals surface area contributed by atoms with Crippen molar-refractivity contribution < 1.29 is 9.28 Å². The van der Waals surface area contributed by atoms with Crippen molar-refractivity contribution in [1.82, 2.24) is 10.2 Å². The van der Waals surface area contributed by atoms with E-state index in [0.29, 0.717) is 11.5 Å². The van der Waals surface area contributed by atoms with Crippen molar-refractivity contribution in [1.29, 1.82) is 0 Å². The zero-order chi connectivity index (χ0) is 16.1. The fraction of sp³-hybridized carbons (Fsp3) is 0.533. The number of amides is 1. The molecule has 0 aromatic heterocycles. The third-order valence-corrected chi connectivity index (χ3v) is 4.29. The molecule has 2 aliphatic rings. The summed E-state index contributed by atoms with van der Waals surface area (Å²) in [5, 5.41) is 3.36. The molecule has 1 aromatic carbocycles. The number of hydrogen-bond donors (Lipinski definition) is 3. The Morgan fingerprint density at radius 2 is 1.91 bits per heavy atom. The summed E-state index contributed by atoms with van der Waals surface area (Å²) in [4.78, 5) is 16.2. The van der Waals surface area contributed by atoms with Crippen LogP contribution >= 0.6 is 0 Å². The number of nitrogens with one attached hydrogen (secondary N) is 1. The molecule has 2 fully saturated rings. The van der Waals surface area contributed by atoms with Crippen LogP contribution in [-0.2, 0) is 0 Å². The van der Waals surface area contributed by atoms with E-state index in [-0.39, 0.29) is 5.91 Å². The molecule has 0 unspecified atom stereocenters. The number of carbonyl (C=O) groups is 1. The molecule has 6 nitrogen and oxygen atoms in total. The van der Waals surface area contributed by atoms with Crippen molar-refractivity contribution in [2.75, 3.05) is 51.2 Å². The second-order valence-electron chi connectivity index (χ2n) is 5.79. The van der Waals surface area contributed by atoms with Crippen molar-refractivity contribution >= 4 is 11.6 Å². The minimum absolute atomic E-state index is 0.318. The van der Waals surface area contributed by atoms with Gasteiger partial charge < -0.3 is 20.9 Å². The Morgan fingerprint density at radius 1 is 1.27 bits per heavy atom. The number of rotatable bonds is 3. The first-order valence-electron chi connectivity index (χ1n) is 7.45. The predicted octanol–water partition coefficient (Wildman–Crippen LogP) is 0.0537. The minimum atomic E-state index is -0.318. The van der Waals surface area contributed by atoms with Crippen LogP contribution in [0.15, 0.2) is 18.2 Å². The molecule has 7 heteroatoms. The van der Waals surface area contributed by atoms with E-state index in [4.69, 9.17) is 10.2 Å². The van der Waals surface area contributed by atoms with Crippen molar-refractivity contribution in [3.63, 3.8) is 0 Å². The van der Waals surface area contributed by atoms with Crippen LogP contribution in [0.4, 0.5) is 10.2 Å². The maximum Gasteiger partial charge on any atom is 0.248 e. The van der Waals surface area contributed by atoms with Crippen molar-refractivity contribution in [2.24, 2.45) is 11.7 Å². The van der Waals surface area contributed by atoms with Crippen LogP contribution in [0, 0.1) is 0 Å². The number of likely N-dealkylation sites (tertiary alicyclic amines) is 1. The van der Waals surface area contributed by atoms with Crippen LogP contribution in [0.1, 0.15) is 21.8 Å². The first kappa shape index (κ1) is 16.7. The van der Waals surface area contributed by atoms with Gasteiger partial charge in [0, 0.05) is 56.4 Å². The molecule has 0 aliphatic carbocycles. The van der Waals surface area contributed by atoms with E-state index < -0.39 is 0 Å². The summed E-state index contributed by atoms with van der Waals surface area (Å²) in [6, 6.07) is 6.09. The van der Waals surface area contributed by atoms with E-state index in [1.807, 2.05) is 12.1 Å². The van der Waals surface area contributed by atoms with E-state index in [2.05, 4.69) is 34.2 Å². The van der Waals surface area contributed by atoms with Gasteiger partial charge in [0.2, 0.25) is 5.91 Å². The highest BCUT2D eigenvalue weighted by molar-refractivity contribution is 5.95. The van der Waals surface area contributed by atoms with Crippen LogP contribution < -0.4 is 21.9 Å². The highest BCUT2D eigenvalue weighted by Gasteiger charge is 2.28. The SMILES string of the molecule is CN1CC(c2cc(N3CCNCC3)ccc2C(N)=O)C1.NF. The van der Waals surface area contributed by atoms with E-state index >= 15 is 0 Å². The number of primary amides is 1. The second-order valence-corrected chi connectivity index (χ2v) is 5.79. The van der Waals surface area contributed by atoms with Crippen LogP contribution in [0.5, 0.6) is 0 Å². The third kappa shape index (κ3) is 3.55. The number of carbonyl (C=O) groups excluding carboxylic acids is 1. The molecule has 2 saturated heterocycles. The first-order valence-corrected chi connectivity index (χ1v) is 7.45. The Kier molecular flexibility index (Phi) is 5.70. The largest absolute Gasteiger partial charge is 0.369 e. The summed E-state index contributed by atoms with van der Waals surface area (Å²) in [7, 11) is 2.10. The fourth-order valence-corrected chi connectivity index (χ4v) is 3.13. The molecule has 0 atom stereocenters. The monoisotopic (exact) mass is 309 g/mol. The zero-order valence-electron chi connectivity index (χ0n) is 12.9. The molecule has 0 spiro atoms. The number of anilines is 1. The summed E-state index contributed by atoms with van der Waals surface area (Å²) < 4.78 is 9.00. The molecule has 2 aliphatic heterocycles. The van der Waals surface area contributed by atoms with Crippen LogP contribution in [0.3, 0.4) is 0 Å². The minimum Gasteiger partial charge on any atom is -0.369 e. The standard InChI is InChI=1S/C15H22N4O.FH2N/c1-18-9-11(10-18)14-8-12(2-3-13(14)15(16)20)19-6-4-17-5-7-19;1-2/h2-3,8,11,17H,4-7,9-10H2,1H3,(H2,16,20);2H2. The van der Waals surface area contributed by atoms with E-state index in [9.17, 15) is 4.79 Å². The molecule has 5 N–H and O–H groups in total. The first-order chi connectivity index (χ1) is 10.6. The lowest BCUT2D eigenvalue weighted by atomic mass is 9.87. The topological polar surface area (TPSA) is 87.6 Å². The quantitative estimate of drug-likeness (QED) is 0.687. The maximum atomic E-state index is 11.6. The molecule has 22 heavy (non-hydrogen) atoms. The van der Waals surface area contributed by atoms with E-state index in [1.165, 1.54) is 5.69 Å². The van der Waals surface area contributed by atoms with Crippen molar-refractivity contribution in [2.45, 2.75) is 5.92 Å². The van der Waals surface area contributed by atoms with Crippen LogP contribution in [-0.4, -0.2) is 57.1 Å². The molecule has 1 amide bonds. The number of benzene rings is 1. The Morgan fingerprint density at radius 3 is 2.45 bits per heavy atom. The Bertz CT molecular complexity index is 513. The number of halogens is 1. The number of piperazine rings is 1. The summed E-state index contributed by atoms with van der Waals surface area (Å²) in [6.07, 6.45) is 0. The van der Waals surface area contributed by atoms with Gasteiger partial charge >= 0.3 is 0 Å². The Balaban J connectivity index is 0.000000847. The maximum absolute atomic E-state index is 11.6. The van der Waals surface area contributed by atoms with Gasteiger partial charge in [-0.25, -0.2) is 0 Å². The number of hydrogen-bond acceptors (Lipinski definition) is 5. The molecule has 3 rings (SSSR count). The molecular formula is C15H24FN5O. The lowest BCUT2D eigenvalue weighted by Crippen LogP contribution is -2.44. The molecule has 1 aromatic rings. The Labute approximate surface area is 130 Å². The average Bonchev–Trinajstić information content (AvgIpc) is 2.54. The third-order valence-electron chi connectivity index (χ3n) is 4.29. The molecular weight excluding hydrogens is 285 g/mol. The highest BCUT2D eigenvalue weighted by atomic mass is 19.2. The van der Waals surface area contributed by atoms with Gasteiger partial charge in [0.05, 0.1) is 0 Å². The predicted molar refractivity (Wildman–Crippen MR) is 85.6 cm³/mol. The van der Waals surface area contributed by atoms with Gasteiger partial charge in [-0.2, -0.15) is 5.96 Å². The Hall–Kier alpha value is -1.70. The van der Waals surface area contributed by atoms with Gasteiger partial charge in [-0.3, -0.25) is 4.79 Å². The van der Waals surface area contributed by atoms with Gasteiger partial charge in [-0.1, -0.05) is 0 Å². The number of nitrogens with zero attached hydrogens (tertiary/aromatic N) is 2. The average molecular weight is 309 g/mol. The zero-order valence-corrected chi connectivity index (χ0v) is 12.9. The normalized spacial score (nSPS) is 19.1. The summed E-state index contributed by atoms with van der Waals surface area (Å²) in [5.41, 5.74) is 8.53. The van der Waals surface area contributed by atoms with Crippen molar-refractivity contribution in [3.8, 4) is 0 Å². The highest BCUT2D eigenvalue weighted by Crippen LogP contribution is 2.31. The number of nitrogens with two attached hydrogens (primary N) is 2. The smallest absolute Gasteiger partial charge is 0.248 e. The molecule has 0 radical (unpaired) electrons. The molecule has 2 heterocycles. The van der Waals surface area contributed by atoms with Gasteiger partial charge in [-0.05, 0) is 30.8 Å². The van der Waals surface area contributed by atoms with Gasteiger partial charge in [0.1, 0.15) is 0 Å². The summed E-state index contributed by atoms with van der Waals surface area (Å²) >= 11 is 0.